The molecule has 1 aliphatic heterocycles. The first kappa shape index (κ1) is 23.7. The summed E-state index contributed by atoms with van der Waals surface area (Å²) < 4.78 is 11.7. The van der Waals surface area contributed by atoms with Crippen LogP contribution in [0.3, 0.4) is 0 Å². The Balaban J connectivity index is 1.83. The molecule has 3 unspecified atom stereocenters. The van der Waals surface area contributed by atoms with E-state index in [4.69, 9.17) is 9.47 Å². The molecule has 5 heteroatoms. The van der Waals surface area contributed by atoms with Gasteiger partial charge < -0.3 is 14.8 Å². The summed E-state index contributed by atoms with van der Waals surface area (Å²) >= 11 is 0. The molecule has 1 aromatic carbocycles. The van der Waals surface area contributed by atoms with Crippen molar-refractivity contribution < 1.29 is 14.3 Å². The van der Waals surface area contributed by atoms with Crippen LogP contribution in [-0.2, 0) is 9.53 Å². The van der Waals surface area contributed by atoms with E-state index in [9.17, 15) is 4.79 Å². The highest BCUT2D eigenvalue weighted by Gasteiger charge is 2.34. The molecule has 5 nitrogen and oxygen atoms in total. The molecule has 1 aliphatic rings. The summed E-state index contributed by atoms with van der Waals surface area (Å²) in [6, 6.07) is 7.61. The largest absolute Gasteiger partial charge is 0.492 e. The minimum Gasteiger partial charge on any atom is -0.492 e. The maximum Gasteiger partial charge on any atom is 0.256 e. The average molecular weight is 405 g/mol. The first-order chi connectivity index (χ1) is 13.7. The van der Waals surface area contributed by atoms with Crippen LogP contribution in [0.2, 0.25) is 0 Å². The zero-order chi connectivity index (χ0) is 21.4. The molecule has 0 aliphatic carbocycles. The fourth-order valence-corrected chi connectivity index (χ4v) is 4.48. The molecule has 0 spiro atoms. The quantitative estimate of drug-likeness (QED) is 0.607. The molecule has 29 heavy (non-hydrogen) atoms. The standard InChI is InChI=1S/C24H40N2O3/c1-7-29-24(6,15-18(2)3)23(27)25-21-8-10-22(11-9-21)28-13-12-26-16-19(4)14-20(5)17-26/h8-11,18-20H,7,12-17H2,1-6H3,(H,25,27). The lowest BCUT2D eigenvalue weighted by Crippen LogP contribution is -2.43. The average Bonchev–Trinajstić information content (AvgIpc) is 2.62. The summed E-state index contributed by atoms with van der Waals surface area (Å²) in [6.07, 6.45) is 2.01. The number of amides is 1. The van der Waals surface area contributed by atoms with Gasteiger partial charge in [0.2, 0.25) is 0 Å². The molecule has 3 atom stereocenters. The van der Waals surface area contributed by atoms with Crippen molar-refractivity contribution in [1.29, 1.82) is 0 Å². The number of ether oxygens (including phenoxy) is 2. The fraction of sp³-hybridized carbons (Fsp3) is 0.708. The fourth-order valence-electron chi connectivity index (χ4n) is 4.48. The third kappa shape index (κ3) is 7.63. The van der Waals surface area contributed by atoms with Crippen LogP contribution in [0.4, 0.5) is 5.69 Å². The molecule has 1 N–H and O–H groups in total. The van der Waals surface area contributed by atoms with Gasteiger partial charge in [-0.05, 0) is 68.7 Å². The molecule has 164 valence electrons. The van der Waals surface area contributed by atoms with Gasteiger partial charge in [-0.15, -0.1) is 0 Å². The van der Waals surface area contributed by atoms with Crippen LogP contribution in [0.1, 0.15) is 54.4 Å². The van der Waals surface area contributed by atoms with Crippen LogP contribution in [0.25, 0.3) is 0 Å². The van der Waals surface area contributed by atoms with Gasteiger partial charge in [-0.2, -0.15) is 0 Å². The lowest BCUT2D eigenvalue weighted by Gasteiger charge is -2.34. The number of hydrogen-bond acceptors (Lipinski definition) is 4. The number of nitrogens with zero attached hydrogens (tertiary/aromatic N) is 1. The maximum absolute atomic E-state index is 12.8. The second kappa shape index (κ2) is 11.0. The van der Waals surface area contributed by atoms with Crippen molar-refractivity contribution in [3.8, 4) is 5.75 Å². The van der Waals surface area contributed by atoms with E-state index in [1.165, 1.54) is 6.42 Å². The van der Waals surface area contributed by atoms with E-state index in [-0.39, 0.29) is 5.91 Å². The zero-order valence-electron chi connectivity index (χ0n) is 19.2. The Morgan fingerprint density at radius 2 is 1.83 bits per heavy atom. The summed E-state index contributed by atoms with van der Waals surface area (Å²) in [4.78, 5) is 15.3. The molecule has 0 saturated carbocycles. The van der Waals surface area contributed by atoms with Crippen molar-refractivity contribution in [3.05, 3.63) is 24.3 Å². The van der Waals surface area contributed by atoms with E-state index in [2.05, 4.69) is 37.9 Å². The second-order valence-electron chi connectivity index (χ2n) is 9.29. The summed E-state index contributed by atoms with van der Waals surface area (Å²) in [5, 5.41) is 2.99. The Hall–Kier alpha value is -1.59. The van der Waals surface area contributed by atoms with Gasteiger partial charge in [0.15, 0.2) is 0 Å². The first-order valence-corrected chi connectivity index (χ1v) is 11.1. The molecule has 2 rings (SSSR count). The summed E-state index contributed by atoms with van der Waals surface area (Å²) in [5.74, 6) is 2.63. The molecule has 0 aromatic heterocycles. The van der Waals surface area contributed by atoms with Gasteiger partial charge in [0.05, 0.1) is 0 Å². The highest BCUT2D eigenvalue weighted by molar-refractivity contribution is 5.97. The number of benzene rings is 1. The SMILES string of the molecule is CCOC(C)(CC(C)C)C(=O)Nc1ccc(OCCN2CC(C)CC(C)C2)cc1. The number of piperidine rings is 1. The summed E-state index contributed by atoms with van der Waals surface area (Å²) in [6.45, 7) is 17.1. The number of rotatable bonds is 10. The number of hydrogen-bond donors (Lipinski definition) is 1. The maximum atomic E-state index is 12.8. The van der Waals surface area contributed by atoms with E-state index < -0.39 is 5.60 Å². The molecule has 1 amide bonds. The first-order valence-electron chi connectivity index (χ1n) is 11.1. The molecule has 1 heterocycles. The van der Waals surface area contributed by atoms with E-state index in [0.717, 1.165) is 42.9 Å². The number of carbonyl (C=O) groups excluding carboxylic acids is 1. The summed E-state index contributed by atoms with van der Waals surface area (Å²) in [5.41, 5.74) is -0.0587. The van der Waals surface area contributed by atoms with E-state index in [1.807, 2.05) is 38.1 Å². The Labute approximate surface area is 177 Å². The Morgan fingerprint density at radius 3 is 2.38 bits per heavy atom. The van der Waals surface area contributed by atoms with Crippen molar-refractivity contribution in [2.75, 3.05) is 38.2 Å². The van der Waals surface area contributed by atoms with Crippen molar-refractivity contribution in [2.24, 2.45) is 17.8 Å². The van der Waals surface area contributed by atoms with Crippen LogP contribution < -0.4 is 10.1 Å². The van der Waals surface area contributed by atoms with Crippen LogP contribution in [0.5, 0.6) is 5.75 Å². The topological polar surface area (TPSA) is 50.8 Å². The van der Waals surface area contributed by atoms with Crippen LogP contribution >= 0.6 is 0 Å². The highest BCUT2D eigenvalue weighted by atomic mass is 16.5. The summed E-state index contributed by atoms with van der Waals surface area (Å²) in [7, 11) is 0. The van der Waals surface area contributed by atoms with E-state index in [0.29, 0.717) is 25.6 Å². The third-order valence-corrected chi connectivity index (χ3v) is 5.47. The molecule has 1 fully saturated rings. The van der Waals surface area contributed by atoms with Crippen molar-refractivity contribution in [1.82, 2.24) is 4.90 Å². The van der Waals surface area contributed by atoms with Gasteiger partial charge in [-0.3, -0.25) is 9.69 Å². The van der Waals surface area contributed by atoms with Gasteiger partial charge >= 0.3 is 0 Å². The number of likely N-dealkylation sites (tertiary alicyclic amines) is 1. The molecular formula is C24H40N2O3. The number of nitrogens with one attached hydrogen (secondary N) is 1. The van der Waals surface area contributed by atoms with Gasteiger partial charge in [-0.1, -0.05) is 27.7 Å². The normalized spacial score (nSPS) is 22.3. The van der Waals surface area contributed by atoms with Crippen LogP contribution in [0, 0.1) is 17.8 Å². The lowest BCUT2D eigenvalue weighted by molar-refractivity contribution is -0.140. The van der Waals surface area contributed by atoms with E-state index >= 15 is 0 Å². The molecule has 0 radical (unpaired) electrons. The molecule has 0 bridgehead atoms. The van der Waals surface area contributed by atoms with Gasteiger partial charge in [0.1, 0.15) is 18.0 Å². The van der Waals surface area contributed by atoms with Crippen LogP contribution in [-0.4, -0.2) is 49.3 Å². The number of carbonyl (C=O) groups is 1. The Morgan fingerprint density at radius 1 is 1.21 bits per heavy atom. The van der Waals surface area contributed by atoms with Crippen molar-refractivity contribution in [3.63, 3.8) is 0 Å². The predicted molar refractivity (Wildman–Crippen MR) is 119 cm³/mol. The lowest BCUT2D eigenvalue weighted by atomic mass is 9.92. The Kier molecular flexibility index (Phi) is 8.97. The van der Waals surface area contributed by atoms with Crippen molar-refractivity contribution >= 4 is 11.6 Å². The smallest absolute Gasteiger partial charge is 0.256 e. The van der Waals surface area contributed by atoms with Gasteiger partial charge in [0, 0.05) is 31.9 Å². The predicted octanol–water partition coefficient (Wildman–Crippen LogP) is 4.82. The van der Waals surface area contributed by atoms with E-state index in [1.54, 1.807) is 0 Å². The minimum atomic E-state index is -0.819. The zero-order valence-corrected chi connectivity index (χ0v) is 19.2. The van der Waals surface area contributed by atoms with Gasteiger partial charge in [0.25, 0.3) is 5.91 Å². The monoisotopic (exact) mass is 404 g/mol. The molecular weight excluding hydrogens is 364 g/mol. The Bertz CT molecular complexity index is 622. The number of anilines is 1. The highest BCUT2D eigenvalue weighted by Crippen LogP contribution is 2.24. The van der Waals surface area contributed by atoms with Crippen LogP contribution in [0.15, 0.2) is 24.3 Å². The van der Waals surface area contributed by atoms with Crippen molar-refractivity contribution in [2.45, 2.75) is 60.0 Å². The van der Waals surface area contributed by atoms with Gasteiger partial charge in [-0.25, -0.2) is 0 Å². The molecule has 1 aromatic rings. The minimum absolute atomic E-state index is 0.102. The second-order valence-corrected chi connectivity index (χ2v) is 9.29. The molecule has 1 saturated heterocycles. The third-order valence-electron chi connectivity index (χ3n) is 5.47.